The molecule has 6 nitrogen and oxygen atoms in total. The molecule has 0 aromatic heterocycles. The van der Waals surface area contributed by atoms with Gasteiger partial charge in [-0.2, -0.15) is 0 Å². The van der Waals surface area contributed by atoms with Gasteiger partial charge >= 0.3 is 0 Å². The summed E-state index contributed by atoms with van der Waals surface area (Å²) in [6.07, 6.45) is 1.88. The van der Waals surface area contributed by atoms with Crippen molar-refractivity contribution in [1.29, 1.82) is 0 Å². The van der Waals surface area contributed by atoms with E-state index < -0.39 is 0 Å². The average Bonchev–Trinajstić information content (AvgIpc) is 2.52. The topological polar surface area (TPSA) is 75.9 Å². The van der Waals surface area contributed by atoms with Crippen LogP contribution in [0, 0.1) is 19.8 Å². The first-order valence-corrected chi connectivity index (χ1v) is 8.96. The maximum Gasteiger partial charge on any atom is 0.231 e. The first-order valence-electron chi connectivity index (χ1n) is 8.96. The molecule has 2 heterocycles. The number of hydrogen-bond acceptors (Lipinski definition) is 4. The number of hydrogen-bond donors (Lipinski definition) is 1. The third kappa shape index (κ3) is 4.12. The molecule has 2 amide bonds. The Labute approximate surface area is 148 Å². The van der Waals surface area contributed by atoms with Crippen molar-refractivity contribution in [2.75, 3.05) is 32.7 Å². The second-order valence-corrected chi connectivity index (χ2v) is 7.24. The number of primary amides is 1. The molecule has 1 aromatic carbocycles. The van der Waals surface area contributed by atoms with Gasteiger partial charge in [-0.3, -0.25) is 14.5 Å². The number of rotatable bonds is 5. The summed E-state index contributed by atoms with van der Waals surface area (Å²) in [7, 11) is 0. The maximum atomic E-state index is 12.7. The van der Waals surface area contributed by atoms with Crippen LogP contribution in [0.5, 0.6) is 5.75 Å². The van der Waals surface area contributed by atoms with Gasteiger partial charge in [0.05, 0.1) is 25.6 Å². The first-order chi connectivity index (χ1) is 11.9. The van der Waals surface area contributed by atoms with Crippen molar-refractivity contribution in [3.63, 3.8) is 0 Å². The number of nitrogens with two attached hydrogens (primary N) is 1. The van der Waals surface area contributed by atoms with Crippen LogP contribution >= 0.6 is 0 Å². The van der Waals surface area contributed by atoms with E-state index in [4.69, 9.17) is 10.5 Å². The number of aryl methyl sites for hydroxylation is 2. The van der Waals surface area contributed by atoms with Gasteiger partial charge in [0.25, 0.3) is 0 Å². The summed E-state index contributed by atoms with van der Waals surface area (Å²) in [6.45, 7) is 7.06. The zero-order chi connectivity index (χ0) is 18.0. The van der Waals surface area contributed by atoms with Crippen molar-refractivity contribution in [3.05, 3.63) is 29.3 Å². The van der Waals surface area contributed by atoms with Gasteiger partial charge in [0, 0.05) is 6.54 Å². The standard InChI is InChI=1S/C19H27N3O3/c1-13-5-3-6-14(2)18(13)25-16-10-22(11-16)19(24)15-7-4-8-21(9-15)12-17(20)23/h3,5-6,15-16H,4,7-12H2,1-2H3,(H2,20,23). The Hall–Kier alpha value is -2.08. The molecule has 1 atom stereocenters. The van der Waals surface area contributed by atoms with Gasteiger partial charge in [-0.1, -0.05) is 18.2 Å². The maximum absolute atomic E-state index is 12.7. The number of piperidine rings is 1. The molecule has 1 aromatic rings. The van der Waals surface area contributed by atoms with E-state index in [1.807, 2.05) is 41.8 Å². The first kappa shape index (κ1) is 17.7. The van der Waals surface area contributed by atoms with Crippen molar-refractivity contribution in [1.82, 2.24) is 9.80 Å². The fourth-order valence-corrected chi connectivity index (χ4v) is 3.72. The quantitative estimate of drug-likeness (QED) is 0.867. The van der Waals surface area contributed by atoms with Gasteiger partial charge in [-0.15, -0.1) is 0 Å². The van der Waals surface area contributed by atoms with E-state index in [1.165, 1.54) is 0 Å². The molecule has 2 saturated heterocycles. The van der Waals surface area contributed by atoms with Gasteiger partial charge in [-0.25, -0.2) is 0 Å². The van der Waals surface area contributed by atoms with Crippen molar-refractivity contribution in [3.8, 4) is 5.75 Å². The number of amides is 2. The van der Waals surface area contributed by atoms with Gasteiger partial charge in [-0.05, 0) is 44.4 Å². The number of benzene rings is 1. The molecule has 2 fully saturated rings. The summed E-state index contributed by atoms with van der Waals surface area (Å²) in [5, 5.41) is 0. The highest BCUT2D eigenvalue weighted by Gasteiger charge is 2.37. The van der Waals surface area contributed by atoms with E-state index in [0.29, 0.717) is 19.6 Å². The molecule has 1 unspecified atom stereocenters. The molecule has 2 N–H and O–H groups in total. The Bertz CT molecular complexity index is 635. The van der Waals surface area contributed by atoms with Crippen LogP contribution in [-0.2, 0) is 9.59 Å². The predicted octanol–water partition coefficient (Wildman–Crippen LogP) is 1.09. The van der Waals surface area contributed by atoms with Crippen LogP contribution in [0.15, 0.2) is 18.2 Å². The zero-order valence-electron chi connectivity index (χ0n) is 15.0. The summed E-state index contributed by atoms with van der Waals surface area (Å²) in [5.74, 6) is 0.744. The minimum atomic E-state index is -0.334. The Balaban J connectivity index is 1.50. The van der Waals surface area contributed by atoms with Crippen molar-refractivity contribution >= 4 is 11.8 Å². The Morgan fingerprint density at radius 1 is 1.20 bits per heavy atom. The van der Waals surface area contributed by atoms with Crippen LogP contribution in [0.3, 0.4) is 0 Å². The minimum absolute atomic E-state index is 0.0331. The van der Waals surface area contributed by atoms with Gasteiger partial charge in [0.15, 0.2) is 0 Å². The molecule has 6 heteroatoms. The summed E-state index contributed by atoms with van der Waals surface area (Å²) < 4.78 is 6.09. The van der Waals surface area contributed by atoms with Crippen LogP contribution < -0.4 is 10.5 Å². The molecule has 0 aliphatic carbocycles. The molecule has 0 saturated carbocycles. The predicted molar refractivity (Wildman–Crippen MR) is 95.3 cm³/mol. The largest absolute Gasteiger partial charge is 0.486 e. The van der Waals surface area contributed by atoms with E-state index in [2.05, 4.69) is 0 Å². The lowest BCUT2D eigenvalue weighted by Gasteiger charge is -2.42. The molecule has 3 rings (SSSR count). The SMILES string of the molecule is Cc1cccc(C)c1OC1CN(C(=O)C2CCCN(CC(N)=O)C2)C1. The fraction of sp³-hybridized carbons (Fsp3) is 0.579. The molecular formula is C19H27N3O3. The molecule has 0 radical (unpaired) electrons. The van der Waals surface area contributed by atoms with Gasteiger partial charge in [0.2, 0.25) is 11.8 Å². The van der Waals surface area contributed by atoms with Crippen LogP contribution in [0.25, 0.3) is 0 Å². The molecular weight excluding hydrogens is 318 g/mol. The zero-order valence-corrected chi connectivity index (χ0v) is 15.0. The Morgan fingerprint density at radius 2 is 1.88 bits per heavy atom. The summed E-state index contributed by atoms with van der Waals surface area (Å²) in [5.41, 5.74) is 7.51. The van der Waals surface area contributed by atoms with Crippen LogP contribution in [-0.4, -0.2) is 60.4 Å². The Morgan fingerprint density at radius 3 is 2.52 bits per heavy atom. The van der Waals surface area contributed by atoms with Crippen molar-refractivity contribution < 1.29 is 14.3 Å². The highest BCUT2D eigenvalue weighted by Crippen LogP contribution is 2.27. The summed E-state index contributed by atoms with van der Waals surface area (Å²) in [4.78, 5) is 27.6. The smallest absolute Gasteiger partial charge is 0.231 e. The van der Waals surface area contributed by atoms with Gasteiger partial charge in [0.1, 0.15) is 11.9 Å². The molecule has 136 valence electrons. The lowest BCUT2D eigenvalue weighted by molar-refractivity contribution is -0.146. The molecule has 0 bridgehead atoms. The van der Waals surface area contributed by atoms with E-state index in [9.17, 15) is 9.59 Å². The molecule has 25 heavy (non-hydrogen) atoms. The van der Waals surface area contributed by atoms with E-state index in [-0.39, 0.29) is 30.4 Å². The van der Waals surface area contributed by atoms with Crippen LogP contribution in [0.2, 0.25) is 0 Å². The van der Waals surface area contributed by atoms with Crippen molar-refractivity contribution in [2.45, 2.75) is 32.8 Å². The monoisotopic (exact) mass is 345 g/mol. The normalized spacial score (nSPS) is 21.7. The molecule has 2 aliphatic heterocycles. The Kier molecular flexibility index (Phi) is 5.27. The highest BCUT2D eigenvalue weighted by molar-refractivity contribution is 5.80. The summed E-state index contributed by atoms with van der Waals surface area (Å²) in [6, 6.07) is 6.10. The highest BCUT2D eigenvalue weighted by atomic mass is 16.5. The minimum Gasteiger partial charge on any atom is -0.486 e. The third-order valence-electron chi connectivity index (χ3n) is 5.09. The second kappa shape index (κ2) is 7.44. The number of likely N-dealkylation sites (tertiary alicyclic amines) is 2. The fourth-order valence-electron chi connectivity index (χ4n) is 3.72. The second-order valence-electron chi connectivity index (χ2n) is 7.24. The van der Waals surface area contributed by atoms with Crippen molar-refractivity contribution in [2.24, 2.45) is 11.7 Å². The van der Waals surface area contributed by atoms with Crippen LogP contribution in [0.1, 0.15) is 24.0 Å². The summed E-state index contributed by atoms with van der Waals surface area (Å²) >= 11 is 0. The number of carbonyl (C=O) groups is 2. The lowest BCUT2D eigenvalue weighted by atomic mass is 9.95. The molecule has 0 spiro atoms. The van der Waals surface area contributed by atoms with E-state index in [1.54, 1.807) is 0 Å². The van der Waals surface area contributed by atoms with E-state index >= 15 is 0 Å². The van der Waals surface area contributed by atoms with Gasteiger partial charge < -0.3 is 15.4 Å². The number of ether oxygens (including phenoxy) is 1. The van der Waals surface area contributed by atoms with E-state index in [0.717, 1.165) is 36.3 Å². The average molecular weight is 345 g/mol. The third-order valence-corrected chi connectivity index (χ3v) is 5.09. The number of para-hydroxylation sites is 1. The number of nitrogens with zero attached hydrogens (tertiary/aromatic N) is 2. The lowest BCUT2D eigenvalue weighted by Crippen LogP contribution is -2.59. The molecule has 2 aliphatic rings. The number of carbonyl (C=O) groups excluding carboxylic acids is 2. The van der Waals surface area contributed by atoms with Crippen LogP contribution in [0.4, 0.5) is 0 Å².